The predicted octanol–water partition coefficient (Wildman–Crippen LogP) is 2.06. The van der Waals surface area contributed by atoms with Gasteiger partial charge < -0.3 is 0 Å². The fraction of sp³-hybridized carbons (Fsp3) is 0. The number of thiazole rings is 1. The minimum atomic E-state index is -0.132. The summed E-state index contributed by atoms with van der Waals surface area (Å²) in [5.74, 6) is 0. The zero-order chi connectivity index (χ0) is 7.84. The zero-order valence-corrected chi connectivity index (χ0v) is 7.02. The number of hydrogen-bond acceptors (Lipinski definition) is 2. The standard InChI is InChI=1S/C7H4ClNOS/c8-9-5-3-1-2-4-6(5)11-7(9)10/h1-4H. The van der Waals surface area contributed by atoms with E-state index in [2.05, 4.69) is 0 Å². The first kappa shape index (κ1) is 6.88. The zero-order valence-electron chi connectivity index (χ0n) is 5.45. The number of aromatic nitrogens is 1. The number of rotatable bonds is 0. The molecule has 0 unspecified atom stereocenters. The maximum Gasteiger partial charge on any atom is 0.322 e. The Balaban J connectivity index is 3.04. The molecule has 1 aromatic heterocycles. The van der Waals surface area contributed by atoms with Crippen LogP contribution in [0.15, 0.2) is 29.1 Å². The first-order valence-electron chi connectivity index (χ1n) is 3.06. The molecule has 1 aromatic carbocycles. The van der Waals surface area contributed by atoms with E-state index < -0.39 is 0 Å². The average Bonchev–Trinajstić information content (AvgIpc) is 2.30. The SMILES string of the molecule is O=c1sc2ccccc2n1Cl. The van der Waals surface area contributed by atoms with Crippen LogP contribution in [0.1, 0.15) is 0 Å². The van der Waals surface area contributed by atoms with Crippen LogP contribution in [-0.2, 0) is 0 Å². The minimum Gasteiger partial charge on any atom is -0.255 e. The van der Waals surface area contributed by atoms with Crippen LogP contribution >= 0.6 is 23.1 Å². The summed E-state index contributed by atoms with van der Waals surface area (Å²) in [6.07, 6.45) is 0. The third kappa shape index (κ3) is 0.968. The molecule has 0 fully saturated rings. The maximum atomic E-state index is 11.0. The molecule has 0 N–H and O–H groups in total. The van der Waals surface area contributed by atoms with E-state index in [1.807, 2.05) is 24.3 Å². The molecule has 0 amide bonds. The summed E-state index contributed by atoms with van der Waals surface area (Å²) in [6.45, 7) is 0. The van der Waals surface area contributed by atoms with E-state index in [9.17, 15) is 4.79 Å². The second-order valence-corrected chi connectivity index (χ2v) is 3.45. The molecule has 0 aliphatic carbocycles. The van der Waals surface area contributed by atoms with Crippen LogP contribution in [-0.4, -0.2) is 4.09 Å². The van der Waals surface area contributed by atoms with Gasteiger partial charge >= 0.3 is 4.87 Å². The molecule has 1 heterocycles. The fourth-order valence-corrected chi connectivity index (χ4v) is 2.02. The van der Waals surface area contributed by atoms with Crippen LogP contribution in [0.3, 0.4) is 0 Å². The molecule has 0 radical (unpaired) electrons. The van der Waals surface area contributed by atoms with Gasteiger partial charge in [-0.2, -0.15) is 0 Å². The molecule has 2 nitrogen and oxygen atoms in total. The highest BCUT2D eigenvalue weighted by atomic mass is 35.5. The van der Waals surface area contributed by atoms with Crippen LogP contribution in [0.25, 0.3) is 10.2 Å². The average molecular weight is 186 g/mol. The lowest BCUT2D eigenvalue weighted by Gasteiger charge is -1.87. The fourth-order valence-electron chi connectivity index (χ4n) is 0.938. The van der Waals surface area contributed by atoms with Gasteiger partial charge in [0.1, 0.15) is 0 Å². The predicted molar refractivity (Wildman–Crippen MR) is 47.3 cm³/mol. The van der Waals surface area contributed by atoms with E-state index in [-0.39, 0.29) is 4.87 Å². The van der Waals surface area contributed by atoms with Crippen molar-refractivity contribution in [3.05, 3.63) is 33.9 Å². The third-order valence-electron chi connectivity index (χ3n) is 1.43. The Hall–Kier alpha value is -0.800. The molecule has 0 bridgehead atoms. The van der Waals surface area contributed by atoms with Gasteiger partial charge in [0.2, 0.25) is 0 Å². The van der Waals surface area contributed by atoms with Crippen molar-refractivity contribution in [1.82, 2.24) is 4.09 Å². The summed E-state index contributed by atoms with van der Waals surface area (Å²) in [6, 6.07) is 7.43. The number of para-hydroxylation sites is 1. The molecule has 2 aromatic rings. The number of fused-ring (bicyclic) bond motifs is 1. The molecule has 0 spiro atoms. The molecule has 4 heteroatoms. The van der Waals surface area contributed by atoms with Gasteiger partial charge in [-0.3, -0.25) is 4.79 Å². The molecule has 11 heavy (non-hydrogen) atoms. The third-order valence-corrected chi connectivity index (χ3v) is 2.79. The van der Waals surface area contributed by atoms with E-state index in [4.69, 9.17) is 11.8 Å². The van der Waals surface area contributed by atoms with Gasteiger partial charge in [0.05, 0.1) is 10.2 Å². The topological polar surface area (TPSA) is 22.0 Å². The molecule has 56 valence electrons. The second kappa shape index (κ2) is 2.36. The first-order chi connectivity index (χ1) is 5.29. The van der Waals surface area contributed by atoms with Crippen LogP contribution in [0.5, 0.6) is 0 Å². The molecular formula is C7H4ClNOS. The van der Waals surface area contributed by atoms with Crippen molar-refractivity contribution in [2.75, 3.05) is 0 Å². The van der Waals surface area contributed by atoms with Gasteiger partial charge in [0.25, 0.3) is 0 Å². The van der Waals surface area contributed by atoms with Gasteiger partial charge in [-0.05, 0) is 12.1 Å². The number of benzene rings is 1. The normalized spacial score (nSPS) is 10.6. The first-order valence-corrected chi connectivity index (χ1v) is 4.21. The second-order valence-electron chi connectivity index (χ2n) is 2.12. The minimum absolute atomic E-state index is 0.132. The molecule has 0 saturated heterocycles. The van der Waals surface area contributed by atoms with Crippen LogP contribution < -0.4 is 4.87 Å². The lowest BCUT2D eigenvalue weighted by atomic mass is 10.3. The van der Waals surface area contributed by atoms with Gasteiger partial charge in [-0.25, -0.2) is 4.09 Å². The van der Waals surface area contributed by atoms with Crippen LogP contribution in [0.4, 0.5) is 0 Å². The van der Waals surface area contributed by atoms with Crippen LogP contribution in [0.2, 0.25) is 0 Å². The van der Waals surface area contributed by atoms with Gasteiger partial charge in [0.15, 0.2) is 0 Å². The Morgan fingerprint density at radius 2 is 2.09 bits per heavy atom. The molecular weight excluding hydrogens is 182 g/mol. The smallest absolute Gasteiger partial charge is 0.255 e. The summed E-state index contributed by atoms with van der Waals surface area (Å²) in [5.41, 5.74) is 0.782. The number of nitrogens with zero attached hydrogens (tertiary/aromatic N) is 1. The van der Waals surface area contributed by atoms with Crippen molar-refractivity contribution in [2.24, 2.45) is 0 Å². The molecule has 2 rings (SSSR count). The van der Waals surface area contributed by atoms with E-state index in [0.29, 0.717) is 0 Å². The van der Waals surface area contributed by atoms with Gasteiger partial charge in [-0.1, -0.05) is 23.5 Å². The van der Waals surface area contributed by atoms with Crippen molar-refractivity contribution in [2.45, 2.75) is 0 Å². The van der Waals surface area contributed by atoms with E-state index in [0.717, 1.165) is 25.6 Å². The van der Waals surface area contributed by atoms with Crippen molar-refractivity contribution in [1.29, 1.82) is 0 Å². The Morgan fingerprint density at radius 3 is 2.82 bits per heavy atom. The largest absolute Gasteiger partial charge is 0.322 e. The Labute approximate surface area is 71.8 Å². The lowest BCUT2D eigenvalue weighted by Crippen LogP contribution is -2.00. The quantitative estimate of drug-likeness (QED) is 0.616. The molecule has 0 saturated carbocycles. The lowest BCUT2D eigenvalue weighted by molar-refractivity contribution is 1.27. The van der Waals surface area contributed by atoms with Gasteiger partial charge in [0, 0.05) is 11.8 Å². The summed E-state index contributed by atoms with van der Waals surface area (Å²) in [7, 11) is 0. The summed E-state index contributed by atoms with van der Waals surface area (Å²) >= 11 is 6.81. The van der Waals surface area contributed by atoms with E-state index in [1.54, 1.807) is 0 Å². The number of hydrogen-bond donors (Lipinski definition) is 0. The van der Waals surface area contributed by atoms with Crippen molar-refractivity contribution < 1.29 is 0 Å². The monoisotopic (exact) mass is 185 g/mol. The highest BCUT2D eigenvalue weighted by molar-refractivity contribution is 7.16. The van der Waals surface area contributed by atoms with E-state index >= 15 is 0 Å². The van der Waals surface area contributed by atoms with Crippen molar-refractivity contribution in [3.63, 3.8) is 0 Å². The molecule has 0 atom stereocenters. The van der Waals surface area contributed by atoms with Crippen molar-refractivity contribution >= 4 is 33.3 Å². The molecule has 0 aliphatic rings. The summed E-state index contributed by atoms with van der Waals surface area (Å²) in [5, 5.41) is 0. The number of halogens is 1. The van der Waals surface area contributed by atoms with Crippen molar-refractivity contribution in [3.8, 4) is 0 Å². The highest BCUT2D eigenvalue weighted by Crippen LogP contribution is 2.16. The summed E-state index contributed by atoms with van der Waals surface area (Å²) in [4.78, 5) is 10.9. The van der Waals surface area contributed by atoms with Crippen LogP contribution in [0, 0.1) is 0 Å². The summed E-state index contributed by atoms with van der Waals surface area (Å²) < 4.78 is 2.06. The van der Waals surface area contributed by atoms with Gasteiger partial charge in [-0.15, -0.1) is 0 Å². The maximum absolute atomic E-state index is 11.0. The Kier molecular flexibility index (Phi) is 1.47. The highest BCUT2D eigenvalue weighted by Gasteiger charge is 2.02. The molecule has 0 aliphatic heterocycles. The Bertz CT molecular complexity index is 445. The van der Waals surface area contributed by atoms with E-state index in [1.165, 1.54) is 0 Å². The Morgan fingerprint density at radius 1 is 1.36 bits per heavy atom.